The summed E-state index contributed by atoms with van der Waals surface area (Å²) in [5.41, 5.74) is 2.38. The van der Waals surface area contributed by atoms with Crippen LogP contribution in [0.3, 0.4) is 0 Å². The van der Waals surface area contributed by atoms with E-state index in [1.165, 1.54) is 0 Å². The van der Waals surface area contributed by atoms with Gasteiger partial charge >= 0.3 is 0 Å². The Labute approximate surface area is 173 Å². The lowest BCUT2D eigenvalue weighted by Crippen LogP contribution is -2.03. The van der Waals surface area contributed by atoms with E-state index in [0.29, 0.717) is 30.3 Å². The van der Waals surface area contributed by atoms with E-state index in [0.717, 1.165) is 35.5 Å². The number of carbonyl (C=O) groups is 1. The third-order valence-corrected chi connectivity index (χ3v) is 4.10. The zero-order valence-corrected chi connectivity index (χ0v) is 17.8. The van der Waals surface area contributed by atoms with Gasteiger partial charge in [0.05, 0.1) is 24.5 Å². The van der Waals surface area contributed by atoms with Gasteiger partial charge in [0.1, 0.15) is 17.2 Å². The summed E-state index contributed by atoms with van der Waals surface area (Å²) in [5, 5.41) is 0. The number of ketones is 1. The Balaban J connectivity index is 2.29. The Morgan fingerprint density at radius 2 is 1.66 bits per heavy atom. The lowest BCUT2D eigenvalue weighted by atomic mass is 10.1. The number of hydrogen-bond donors (Lipinski definition) is 0. The van der Waals surface area contributed by atoms with Crippen molar-refractivity contribution in [1.82, 2.24) is 0 Å². The van der Waals surface area contributed by atoms with Crippen LogP contribution in [0, 0.1) is 6.92 Å². The minimum absolute atomic E-state index is 0.101. The smallest absolute Gasteiger partial charge is 0.185 e. The van der Waals surface area contributed by atoms with Crippen LogP contribution in [-0.4, -0.2) is 19.0 Å². The van der Waals surface area contributed by atoms with E-state index in [1.807, 2.05) is 19.1 Å². The van der Waals surface area contributed by atoms with Gasteiger partial charge in [-0.15, -0.1) is 0 Å². The fourth-order valence-corrected chi connectivity index (χ4v) is 2.73. The van der Waals surface area contributed by atoms with Gasteiger partial charge in [0.2, 0.25) is 0 Å². The van der Waals surface area contributed by atoms with Gasteiger partial charge in [0, 0.05) is 5.56 Å². The van der Waals surface area contributed by atoms with Crippen molar-refractivity contribution in [2.24, 2.45) is 0 Å². The molecule has 0 saturated carbocycles. The van der Waals surface area contributed by atoms with Crippen molar-refractivity contribution in [3.05, 3.63) is 71.5 Å². The van der Waals surface area contributed by atoms with Crippen LogP contribution in [0.15, 0.2) is 54.8 Å². The van der Waals surface area contributed by atoms with E-state index in [-0.39, 0.29) is 5.78 Å². The molecule has 0 heterocycles. The Kier molecular flexibility index (Phi) is 8.53. The molecule has 0 amide bonds. The summed E-state index contributed by atoms with van der Waals surface area (Å²) < 4.78 is 17.3. The number of ether oxygens (including phenoxy) is 3. The van der Waals surface area contributed by atoms with Crippen molar-refractivity contribution in [3.63, 3.8) is 0 Å². The Morgan fingerprint density at radius 3 is 2.28 bits per heavy atom. The van der Waals surface area contributed by atoms with Crippen molar-refractivity contribution < 1.29 is 19.0 Å². The third-order valence-electron chi connectivity index (χ3n) is 4.10. The standard InChI is InChI=1S/C25H30O4/c1-6-16-27-24-15-8-19(5)25(28-17-7-2)22(24)13-14-23(26)20-9-11-21(12-10-20)29-18(3)4/h8-15H,3,6-7,16-17H2,1-2,4-5H3/b14-13+. The molecule has 2 aromatic rings. The molecule has 0 spiro atoms. The molecule has 4 nitrogen and oxygen atoms in total. The van der Waals surface area contributed by atoms with Gasteiger partial charge in [0.25, 0.3) is 0 Å². The van der Waals surface area contributed by atoms with Gasteiger partial charge < -0.3 is 14.2 Å². The molecule has 2 rings (SSSR count). The van der Waals surface area contributed by atoms with Crippen molar-refractivity contribution in [2.75, 3.05) is 13.2 Å². The first-order valence-corrected chi connectivity index (χ1v) is 10.0. The lowest BCUT2D eigenvalue weighted by Gasteiger charge is -2.16. The van der Waals surface area contributed by atoms with Crippen LogP contribution in [-0.2, 0) is 0 Å². The zero-order valence-electron chi connectivity index (χ0n) is 17.8. The minimum Gasteiger partial charge on any atom is -0.493 e. The highest BCUT2D eigenvalue weighted by Crippen LogP contribution is 2.34. The second-order valence-corrected chi connectivity index (χ2v) is 6.85. The predicted octanol–water partition coefficient (Wildman–Crippen LogP) is 6.38. The van der Waals surface area contributed by atoms with Gasteiger partial charge in [-0.25, -0.2) is 0 Å². The zero-order chi connectivity index (χ0) is 21.2. The normalized spacial score (nSPS) is 10.8. The average molecular weight is 395 g/mol. The van der Waals surface area contributed by atoms with Gasteiger partial charge in [-0.05, 0) is 74.7 Å². The summed E-state index contributed by atoms with van der Waals surface area (Å²) >= 11 is 0. The predicted molar refractivity (Wildman–Crippen MR) is 118 cm³/mol. The Morgan fingerprint density at radius 1 is 1.00 bits per heavy atom. The average Bonchev–Trinajstić information content (AvgIpc) is 2.70. The number of rotatable bonds is 11. The maximum absolute atomic E-state index is 12.7. The van der Waals surface area contributed by atoms with E-state index < -0.39 is 0 Å². The van der Waals surface area contributed by atoms with Crippen molar-refractivity contribution in [2.45, 2.75) is 40.5 Å². The lowest BCUT2D eigenvalue weighted by molar-refractivity contribution is 0.104. The molecule has 29 heavy (non-hydrogen) atoms. The SMILES string of the molecule is C=C(C)Oc1ccc(C(=O)/C=C/c2c(OCCC)ccc(C)c2OCCC)cc1. The van der Waals surface area contributed by atoms with Crippen LogP contribution in [0.25, 0.3) is 6.08 Å². The second kappa shape index (κ2) is 11.1. The Bertz CT molecular complexity index is 863. The Hall–Kier alpha value is -3.01. The second-order valence-electron chi connectivity index (χ2n) is 6.85. The summed E-state index contributed by atoms with van der Waals surface area (Å²) in [6.45, 7) is 12.8. The highest BCUT2D eigenvalue weighted by molar-refractivity contribution is 6.07. The molecule has 154 valence electrons. The largest absolute Gasteiger partial charge is 0.493 e. The fourth-order valence-electron chi connectivity index (χ4n) is 2.73. The van der Waals surface area contributed by atoms with E-state index in [9.17, 15) is 4.79 Å². The number of benzene rings is 2. The molecule has 0 aliphatic heterocycles. The number of carbonyl (C=O) groups excluding carboxylic acids is 1. The first kappa shape index (κ1) is 22.3. The molecule has 0 aliphatic rings. The molecule has 0 aromatic heterocycles. The minimum atomic E-state index is -0.101. The molecule has 0 aliphatic carbocycles. The molecular formula is C25H30O4. The number of aryl methyl sites for hydroxylation is 1. The summed E-state index contributed by atoms with van der Waals surface area (Å²) in [5.74, 6) is 2.63. The quantitative estimate of drug-likeness (QED) is 0.252. The highest BCUT2D eigenvalue weighted by atomic mass is 16.5. The van der Waals surface area contributed by atoms with Gasteiger partial charge in [-0.1, -0.05) is 26.5 Å². The molecule has 4 heteroatoms. The molecule has 0 radical (unpaired) electrons. The first-order chi connectivity index (χ1) is 14.0. The van der Waals surface area contributed by atoms with Crippen molar-refractivity contribution in [3.8, 4) is 17.2 Å². The van der Waals surface area contributed by atoms with E-state index >= 15 is 0 Å². The molecule has 0 fully saturated rings. The van der Waals surface area contributed by atoms with E-state index in [4.69, 9.17) is 14.2 Å². The van der Waals surface area contributed by atoms with Gasteiger partial charge in [-0.2, -0.15) is 0 Å². The third kappa shape index (κ3) is 6.53. The molecule has 0 bridgehead atoms. The maximum Gasteiger partial charge on any atom is 0.185 e. The molecule has 0 N–H and O–H groups in total. The molecule has 0 saturated heterocycles. The highest BCUT2D eigenvalue weighted by Gasteiger charge is 2.13. The first-order valence-electron chi connectivity index (χ1n) is 10.0. The van der Waals surface area contributed by atoms with Crippen LogP contribution in [0.2, 0.25) is 0 Å². The monoisotopic (exact) mass is 394 g/mol. The van der Waals surface area contributed by atoms with Crippen LogP contribution in [0.5, 0.6) is 17.2 Å². The van der Waals surface area contributed by atoms with Crippen LogP contribution in [0.4, 0.5) is 0 Å². The topological polar surface area (TPSA) is 44.8 Å². The number of hydrogen-bond acceptors (Lipinski definition) is 4. The molecule has 0 unspecified atom stereocenters. The maximum atomic E-state index is 12.7. The van der Waals surface area contributed by atoms with E-state index in [2.05, 4.69) is 20.4 Å². The number of allylic oxidation sites excluding steroid dienone is 2. The fraction of sp³-hybridized carbons (Fsp3) is 0.320. The summed E-state index contributed by atoms with van der Waals surface area (Å²) in [4.78, 5) is 12.7. The summed E-state index contributed by atoms with van der Waals surface area (Å²) in [7, 11) is 0. The molecule has 0 atom stereocenters. The van der Waals surface area contributed by atoms with Gasteiger partial charge in [0.15, 0.2) is 5.78 Å². The van der Waals surface area contributed by atoms with Crippen molar-refractivity contribution in [1.29, 1.82) is 0 Å². The van der Waals surface area contributed by atoms with Crippen LogP contribution in [0.1, 0.15) is 55.1 Å². The van der Waals surface area contributed by atoms with Crippen molar-refractivity contribution >= 4 is 11.9 Å². The van der Waals surface area contributed by atoms with Crippen LogP contribution >= 0.6 is 0 Å². The van der Waals surface area contributed by atoms with Crippen LogP contribution < -0.4 is 14.2 Å². The summed E-state index contributed by atoms with van der Waals surface area (Å²) in [6.07, 6.45) is 5.14. The molecular weight excluding hydrogens is 364 g/mol. The van der Waals surface area contributed by atoms with Gasteiger partial charge in [-0.3, -0.25) is 4.79 Å². The summed E-state index contributed by atoms with van der Waals surface area (Å²) in [6, 6.07) is 10.9. The van der Waals surface area contributed by atoms with E-state index in [1.54, 1.807) is 43.3 Å². The molecule has 2 aromatic carbocycles.